The number of aromatic hydroxyl groups is 4. The lowest BCUT2D eigenvalue weighted by molar-refractivity contribution is -0.291. The van der Waals surface area contributed by atoms with Crippen LogP contribution in [0, 0.1) is 0 Å². The number of rotatable bonds is 13. The molecule has 0 aliphatic carbocycles. The van der Waals surface area contributed by atoms with Crippen LogP contribution in [-0.4, -0.2) is 136 Å². The lowest BCUT2D eigenvalue weighted by Crippen LogP contribution is -2.59. The summed E-state index contributed by atoms with van der Waals surface area (Å²) in [6.45, 7) is 5.25. The summed E-state index contributed by atoms with van der Waals surface area (Å²) in [5.41, 5.74) is -0.0149. The first-order valence-corrected chi connectivity index (χ1v) is 19.7. The number of hydrogen-bond donors (Lipinski definition) is 11. The van der Waals surface area contributed by atoms with Crippen molar-refractivity contribution in [3.8, 4) is 23.0 Å². The van der Waals surface area contributed by atoms with Gasteiger partial charge in [0.15, 0.2) is 11.5 Å². The zero-order chi connectivity index (χ0) is 47.2. The molecule has 19 nitrogen and oxygen atoms in total. The minimum absolute atomic E-state index is 0.141. The largest absolute Gasteiger partial charge is 0.507 e. The summed E-state index contributed by atoms with van der Waals surface area (Å²) in [4.78, 5) is 38.6. The molecule has 0 unspecified atom stereocenters. The number of fused-ring (bicyclic) bond motifs is 2. The van der Waals surface area contributed by atoms with Crippen molar-refractivity contribution in [1.82, 2.24) is 0 Å². The number of carbonyl (C=O) groups excluding carboxylic acids is 2. The molecule has 2 aromatic carbocycles. The quantitative estimate of drug-likeness (QED) is 0.0382. The van der Waals surface area contributed by atoms with Crippen LogP contribution in [0.5, 0.6) is 23.0 Å². The number of esters is 2. The highest BCUT2D eigenvalue weighted by molar-refractivity contribution is 5.96. The third-order valence-corrected chi connectivity index (χ3v) is 10.4. The van der Waals surface area contributed by atoms with E-state index in [4.69, 9.17) is 23.4 Å². The van der Waals surface area contributed by atoms with Crippen LogP contribution >= 0.6 is 0 Å². The van der Waals surface area contributed by atoms with Crippen LogP contribution in [0.4, 0.5) is 0 Å². The topological polar surface area (TPSA) is 324 Å². The maximum atomic E-state index is 13.3. The molecule has 11 N–H and O–H groups in total. The van der Waals surface area contributed by atoms with Gasteiger partial charge >= 0.3 is 11.9 Å². The number of benzene rings is 2. The van der Waals surface area contributed by atoms with Crippen LogP contribution in [0.1, 0.15) is 39.4 Å². The fourth-order valence-electron chi connectivity index (χ4n) is 6.61. The number of carbonyl (C=O) groups is 2. The van der Waals surface area contributed by atoms with Crippen molar-refractivity contribution in [3.63, 3.8) is 0 Å². The molecule has 10 atom stereocenters. The van der Waals surface area contributed by atoms with Gasteiger partial charge in [-0.15, -0.1) is 0 Å². The molecule has 0 bridgehead atoms. The number of hydrogen-bond acceptors (Lipinski definition) is 19. The van der Waals surface area contributed by atoms with Crippen molar-refractivity contribution in [2.75, 3.05) is 13.2 Å². The van der Waals surface area contributed by atoms with Crippen LogP contribution in [0.25, 0.3) is 21.9 Å². The summed E-state index contributed by atoms with van der Waals surface area (Å²) >= 11 is 0. The van der Waals surface area contributed by atoms with Crippen LogP contribution < -0.4 is 5.43 Å². The minimum atomic E-state index is -1.95. The minimum Gasteiger partial charge on any atom is -0.507 e. The molecular formula is C45H50O19. The molecule has 19 heteroatoms. The molecule has 0 amide bonds. The van der Waals surface area contributed by atoms with Crippen LogP contribution in [-0.2, 0) is 28.5 Å². The molecule has 2 fully saturated rings. The second-order valence-corrected chi connectivity index (χ2v) is 15.2. The van der Waals surface area contributed by atoms with E-state index in [2.05, 4.69) is 0 Å². The van der Waals surface area contributed by atoms with Crippen LogP contribution in [0.2, 0.25) is 0 Å². The van der Waals surface area contributed by atoms with Gasteiger partial charge in [-0.3, -0.25) is 4.79 Å². The predicted molar refractivity (Wildman–Crippen MR) is 226 cm³/mol. The highest BCUT2D eigenvalue weighted by atomic mass is 16.7. The third kappa shape index (κ3) is 11.0. The molecule has 1 aromatic heterocycles. The second kappa shape index (κ2) is 21.0. The van der Waals surface area contributed by atoms with E-state index >= 15 is 0 Å². The van der Waals surface area contributed by atoms with E-state index in [0.717, 1.165) is 29.3 Å². The Balaban J connectivity index is 1.15. The van der Waals surface area contributed by atoms with E-state index in [1.54, 1.807) is 48.6 Å². The summed E-state index contributed by atoms with van der Waals surface area (Å²) in [7, 11) is 0. The maximum Gasteiger partial charge on any atom is 0.336 e. The first-order chi connectivity index (χ1) is 30.2. The van der Waals surface area contributed by atoms with Crippen LogP contribution in [0.3, 0.4) is 0 Å². The van der Waals surface area contributed by atoms with Crippen LogP contribution in [0.15, 0.2) is 110 Å². The van der Waals surface area contributed by atoms with Crippen molar-refractivity contribution in [1.29, 1.82) is 0 Å². The van der Waals surface area contributed by atoms with Gasteiger partial charge in [-0.05, 0) is 33.8 Å². The van der Waals surface area contributed by atoms with Gasteiger partial charge in [0.2, 0.25) is 11.7 Å². The van der Waals surface area contributed by atoms with Gasteiger partial charge in [0.25, 0.3) is 0 Å². The molecule has 2 aliphatic rings. The normalized spacial score (nSPS) is 27.6. The average Bonchev–Trinajstić information content (AvgIpc) is 3.25. The number of aliphatic hydroxyl groups excluding tert-OH is 7. The summed E-state index contributed by atoms with van der Waals surface area (Å²) < 4.78 is 26.9. The first kappa shape index (κ1) is 48.9. The standard InChI is InChI=1S/C45H50O19/c1-20(9-5-6-10-21(2)12-8-14-23(4)44(59)64-45-41(57)39(55)35(51)30(18-46)63-45)11-7-13-22(3)43(58)60-19-31-36(52)38(54)40(56)42(62-31)32-27(49)17-29-33(37(32)53)34(50)24-15-25(47)26(48)16-28(24)61-29/h5-17,30-31,35-36,38-42,45-49,51-57H,18-19H2,1-4H3/t30-,31-,35-,36+,38-,39+,40+,41-,42-,45-/m1/s1. The zero-order valence-corrected chi connectivity index (χ0v) is 34.9. The SMILES string of the molecule is CC(C=CC=C(C)C(=O)OC[C@H]1O[C@H](c2c(O)cc3oc4cc(O)c(O)cc4c(=O)c3c2O)[C@@H](O)[C@H](O)[C@H]1O)=CC=CC=C(C)C=CC=C(C)C(=O)O[C@H]1O[C@H](CO)[C@@H](O)[C@H](O)[C@H]1O. The van der Waals surface area contributed by atoms with E-state index in [-0.39, 0.29) is 27.7 Å². The van der Waals surface area contributed by atoms with Crippen molar-refractivity contribution in [3.05, 3.63) is 117 Å². The van der Waals surface area contributed by atoms with Gasteiger partial charge in [-0.25, -0.2) is 9.59 Å². The molecule has 3 heterocycles. The van der Waals surface area contributed by atoms with E-state index in [0.29, 0.717) is 0 Å². The number of allylic oxidation sites excluding steroid dienone is 12. The third-order valence-electron chi connectivity index (χ3n) is 10.4. The summed E-state index contributed by atoms with van der Waals surface area (Å²) in [5.74, 6) is -4.52. The monoisotopic (exact) mass is 894 g/mol. The van der Waals surface area contributed by atoms with Gasteiger partial charge in [0, 0.05) is 23.3 Å². The van der Waals surface area contributed by atoms with Crippen molar-refractivity contribution < 1.29 is 89.1 Å². The zero-order valence-electron chi connectivity index (χ0n) is 34.9. The lowest BCUT2D eigenvalue weighted by atomic mass is 9.89. The summed E-state index contributed by atoms with van der Waals surface area (Å²) in [6, 6.07) is 2.83. The Morgan fingerprint density at radius 3 is 1.80 bits per heavy atom. The van der Waals surface area contributed by atoms with Crippen molar-refractivity contribution >= 4 is 33.9 Å². The Morgan fingerprint density at radius 2 is 1.19 bits per heavy atom. The highest BCUT2D eigenvalue weighted by Crippen LogP contribution is 2.45. The Morgan fingerprint density at radius 1 is 0.641 bits per heavy atom. The average molecular weight is 895 g/mol. The highest BCUT2D eigenvalue weighted by Gasteiger charge is 2.47. The summed E-state index contributed by atoms with van der Waals surface area (Å²) in [6.07, 6.45) is -0.0276. The second-order valence-electron chi connectivity index (χ2n) is 15.2. The molecule has 0 radical (unpaired) electrons. The van der Waals surface area contributed by atoms with Gasteiger partial charge in [0.05, 0.1) is 17.6 Å². The Kier molecular flexibility index (Phi) is 16.1. The Hall–Kier alpha value is -6.13. The van der Waals surface area contributed by atoms with Gasteiger partial charge in [-0.2, -0.15) is 0 Å². The molecule has 2 saturated heterocycles. The number of phenolic OH excluding ortho intramolecular Hbond substituents is 4. The van der Waals surface area contributed by atoms with Crippen molar-refractivity contribution in [2.45, 2.75) is 88.9 Å². The van der Waals surface area contributed by atoms with E-state index in [1.807, 2.05) is 13.8 Å². The van der Waals surface area contributed by atoms with Gasteiger partial charge < -0.3 is 79.5 Å². The fraction of sp³-hybridized carbons (Fsp3) is 0.356. The molecule has 5 rings (SSSR count). The van der Waals surface area contributed by atoms with E-state index in [1.165, 1.54) is 26.0 Å². The predicted octanol–water partition coefficient (Wildman–Crippen LogP) is 1.63. The molecular weight excluding hydrogens is 844 g/mol. The van der Waals surface area contributed by atoms with E-state index in [9.17, 15) is 70.6 Å². The maximum absolute atomic E-state index is 13.3. The summed E-state index contributed by atoms with van der Waals surface area (Å²) in [5, 5.41) is 112. The molecule has 64 heavy (non-hydrogen) atoms. The lowest BCUT2D eigenvalue weighted by Gasteiger charge is -2.40. The number of phenols is 4. The molecule has 3 aromatic rings. The smallest absolute Gasteiger partial charge is 0.336 e. The first-order valence-electron chi connectivity index (χ1n) is 19.7. The molecule has 344 valence electrons. The Bertz CT molecular complexity index is 2510. The number of ether oxygens (including phenoxy) is 4. The Labute approximate surface area is 364 Å². The number of aliphatic hydroxyl groups is 7. The van der Waals surface area contributed by atoms with E-state index < -0.39 is 126 Å². The van der Waals surface area contributed by atoms with Gasteiger partial charge in [0.1, 0.15) is 89.6 Å². The molecule has 0 saturated carbocycles. The molecule has 0 spiro atoms. The molecule has 2 aliphatic heterocycles. The van der Waals surface area contributed by atoms with Gasteiger partial charge in [-0.1, -0.05) is 71.9 Å². The van der Waals surface area contributed by atoms with Crippen molar-refractivity contribution in [2.24, 2.45) is 0 Å². The fourth-order valence-corrected chi connectivity index (χ4v) is 6.61.